The van der Waals surface area contributed by atoms with Gasteiger partial charge in [-0.05, 0) is 12.8 Å². The lowest BCUT2D eigenvalue weighted by Gasteiger charge is -2.25. The van der Waals surface area contributed by atoms with E-state index in [0.717, 1.165) is 0 Å². The second-order valence-corrected chi connectivity index (χ2v) is 4.52. The van der Waals surface area contributed by atoms with Crippen LogP contribution in [0.2, 0.25) is 0 Å². The summed E-state index contributed by atoms with van der Waals surface area (Å²) in [5.41, 5.74) is 3.29. The van der Waals surface area contributed by atoms with Gasteiger partial charge in [0, 0.05) is 12.1 Å². The molecule has 2 rings (SSSR count). The van der Waals surface area contributed by atoms with Gasteiger partial charge in [0.1, 0.15) is 18.1 Å². The molecule has 1 aliphatic heterocycles. The molecule has 8 heteroatoms. The van der Waals surface area contributed by atoms with Crippen molar-refractivity contribution in [3.63, 3.8) is 0 Å². The van der Waals surface area contributed by atoms with Gasteiger partial charge in [-0.2, -0.15) is 4.98 Å². The average molecular weight is 268 g/mol. The number of hydrogen-bond acceptors (Lipinski definition) is 7. The standard InChI is InChI=1S/C11H16N4O4/c1-6-8(17)11(5-16,13-2)19-9(6)15-4-3-7(12)14-10(15)18/h3-4,6,8-9,16-17H,2,5H2,1H3,(H2,12,14,18). The van der Waals surface area contributed by atoms with Crippen molar-refractivity contribution in [3.8, 4) is 0 Å². The number of nitrogens with zero attached hydrogens (tertiary/aromatic N) is 3. The second kappa shape index (κ2) is 4.72. The Hall–Kier alpha value is -1.77. The van der Waals surface area contributed by atoms with Crippen LogP contribution in [0.25, 0.3) is 0 Å². The van der Waals surface area contributed by atoms with Gasteiger partial charge in [-0.25, -0.2) is 4.79 Å². The first-order chi connectivity index (χ1) is 8.95. The highest BCUT2D eigenvalue weighted by Gasteiger charge is 2.53. The lowest BCUT2D eigenvalue weighted by atomic mass is 9.98. The van der Waals surface area contributed by atoms with Gasteiger partial charge < -0.3 is 20.7 Å². The van der Waals surface area contributed by atoms with E-state index in [0.29, 0.717) is 0 Å². The molecule has 8 nitrogen and oxygen atoms in total. The zero-order chi connectivity index (χ0) is 14.2. The van der Waals surface area contributed by atoms with E-state index in [-0.39, 0.29) is 5.82 Å². The molecule has 4 N–H and O–H groups in total. The summed E-state index contributed by atoms with van der Waals surface area (Å²) >= 11 is 0. The normalized spacial score (nSPS) is 34.4. The third-order valence-corrected chi connectivity index (χ3v) is 3.35. The maximum atomic E-state index is 11.8. The maximum Gasteiger partial charge on any atom is 0.351 e. The third kappa shape index (κ3) is 2.03. The van der Waals surface area contributed by atoms with E-state index in [1.54, 1.807) is 6.92 Å². The first-order valence-corrected chi connectivity index (χ1v) is 5.74. The van der Waals surface area contributed by atoms with Crippen LogP contribution in [0.15, 0.2) is 22.1 Å². The molecular weight excluding hydrogens is 252 g/mol. The van der Waals surface area contributed by atoms with E-state index in [1.165, 1.54) is 16.8 Å². The fourth-order valence-corrected chi connectivity index (χ4v) is 2.19. The van der Waals surface area contributed by atoms with Crippen LogP contribution in [0.3, 0.4) is 0 Å². The van der Waals surface area contributed by atoms with Crippen LogP contribution in [0.5, 0.6) is 0 Å². The predicted octanol–water partition coefficient (Wildman–Crippen LogP) is -1.26. The molecule has 4 atom stereocenters. The summed E-state index contributed by atoms with van der Waals surface area (Å²) in [6.45, 7) is 4.47. The fraction of sp³-hybridized carbons (Fsp3) is 0.545. The quantitative estimate of drug-likeness (QED) is 0.588. The SMILES string of the molecule is C=NC1(CO)OC(n2ccc(N)nc2=O)C(C)C1O. The Morgan fingerprint density at radius 3 is 2.89 bits per heavy atom. The smallest absolute Gasteiger partial charge is 0.351 e. The molecule has 1 aromatic rings. The van der Waals surface area contributed by atoms with Crippen LogP contribution in [0.1, 0.15) is 13.2 Å². The second-order valence-electron chi connectivity index (χ2n) is 4.52. The van der Waals surface area contributed by atoms with Gasteiger partial charge in [0.15, 0.2) is 0 Å². The highest BCUT2D eigenvalue weighted by molar-refractivity contribution is 5.27. The Balaban J connectivity index is 2.42. The van der Waals surface area contributed by atoms with Gasteiger partial charge in [0.2, 0.25) is 5.72 Å². The van der Waals surface area contributed by atoms with Gasteiger partial charge in [-0.3, -0.25) is 9.56 Å². The number of aliphatic imine (C=N–C) groups is 1. The molecular formula is C11H16N4O4. The van der Waals surface area contributed by atoms with Gasteiger partial charge in [0.25, 0.3) is 0 Å². The molecule has 1 saturated heterocycles. The minimum Gasteiger partial charge on any atom is -0.391 e. The minimum atomic E-state index is -1.52. The molecule has 1 aromatic heterocycles. The number of aromatic nitrogens is 2. The average Bonchev–Trinajstić information content (AvgIpc) is 2.64. The highest BCUT2D eigenvalue weighted by atomic mass is 16.6. The van der Waals surface area contributed by atoms with E-state index in [1.807, 2.05) is 0 Å². The summed E-state index contributed by atoms with van der Waals surface area (Å²) in [5, 5.41) is 19.4. The Bertz CT molecular complexity index is 546. The van der Waals surface area contributed by atoms with Gasteiger partial charge in [-0.15, -0.1) is 0 Å². The zero-order valence-electron chi connectivity index (χ0n) is 10.4. The highest BCUT2D eigenvalue weighted by Crippen LogP contribution is 2.41. The molecule has 2 heterocycles. The van der Waals surface area contributed by atoms with E-state index >= 15 is 0 Å². The van der Waals surface area contributed by atoms with E-state index < -0.39 is 36.3 Å². The van der Waals surface area contributed by atoms with Crippen LogP contribution in [-0.4, -0.2) is 44.9 Å². The Morgan fingerprint density at radius 1 is 1.74 bits per heavy atom. The predicted molar refractivity (Wildman–Crippen MR) is 67.6 cm³/mol. The molecule has 0 aliphatic carbocycles. The number of anilines is 1. The Kier molecular flexibility index (Phi) is 3.40. The van der Waals surface area contributed by atoms with Gasteiger partial charge >= 0.3 is 5.69 Å². The van der Waals surface area contributed by atoms with Crippen LogP contribution < -0.4 is 11.4 Å². The fourth-order valence-electron chi connectivity index (χ4n) is 2.19. The molecule has 0 radical (unpaired) electrons. The third-order valence-electron chi connectivity index (χ3n) is 3.35. The van der Waals surface area contributed by atoms with Gasteiger partial charge in [0.05, 0.1) is 6.61 Å². The molecule has 0 spiro atoms. The number of aliphatic hydroxyl groups excluding tert-OH is 2. The minimum absolute atomic E-state index is 0.0997. The Labute approximate surface area is 109 Å². The molecule has 0 amide bonds. The monoisotopic (exact) mass is 268 g/mol. The van der Waals surface area contributed by atoms with Crippen molar-refractivity contribution in [2.24, 2.45) is 10.9 Å². The maximum absolute atomic E-state index is 11.8. The number of nitrogen functional groups attached to an aromatic ring is 1. The summed E-state index contributed by atoms with van der Waals surface area (Å²) in [4.78, 5) is 19.0. The van der Waals surface area contributed by atoms with Crippen molar-refractivity contribution in [3.05, 3.63) is 22.7 Å². The van der Waals surface area contributed by atoms with Crippen LogP contribution >= 0.6 is 0 Å². The van der Waals surface area contributed by atoms with Crippen LogP contribution in [0, 0.1) is 5.92 Å². The van der Waals surface area contributed by atoms with Crippen molar-refractivity contribution in [2.75, 3.05) is 12.3 Å². The number of ether oxygens (including phenoxy) is 1. The summed E-state index contributed by atoms with van der Waals surface area (Å²) in [7, 11) is 0. The molecule has 0 aromatic carbocycles. The first kappa shape index (κ1) is 13.7. The first-order valence-electron chi connectivity index (χ1n) is 5.74. The van der Waals surface area contributed by atoms with Crippen LogP contribution in [0.4, 0.5) is 5.82 Å². The molecule has 1 fully saturated rings. The van der Waals surface area contributed by atoms with Crippen LogP contribution in [-0.2, 0) is 4.74 Å². The molecule has 0 bridgehead atoms. The number of hydrogen-bond donors (Lipinski definition) is 3. The zero-order valence-corrected chi connectivity index (χ0v) is 10.4. The summed E-state index contributed by atoms with van der Waals surface area (Å²) < 4.78 is 6.73. The van der Waals surface area contributed by atoms with E-state index in [4.69, 9.17) is 10.5 Å². The lowest BCUT2D eigenvalue weighted by molar-refractivity contribution is -0.122. The molecule has 1 aliphatic rings. The topological polar surface area (TPSA) is 123 Å². The number of aliphatic hydroxyl groups is 2. The van der Waals surface area contributed by atoms with Crippen molar-refractivity contribution in [2.45, 2.75) is 25.0 Å². The summed E-state index contributed by atoms with van der Waals surface area (Å²) in [6.07, 6.45) is -0.451. The number of nitrogens with two attached hydrogens (primary N) is 1. The lowest BCUT2D eigenvalue weighted by Crippen LogP contribution is -2.42. The van der Waals surface area contributed by atoms with Crippen molar-refractivity contribution < 1.29 is 14.9 Å². The summed E-state index contributed by atoms with van der Waals surface area (Å²) in [6, 6.07) is 1.45. The molecule has 4 unspecified atom stereocenters. The van der Waals surface area contributed by atoms with Crippen molar-refractivity contribution in [1.82, 2.24) is 9.55 Å². The van der Waals surface area contributed by atoms with Crippen molar-refractivity contribution >= 4 is 12.5 Å². The summed E-state index contributed by atoms with van der Waals surface area (Å²) in [5.74, 6) is -0.372. The van der Waals surface area contributed by atoms with E-state index in [2.05, 4.69) is 16.7 Å². The largest absolute Gasteiger partial charge is 0.391 e. The molecule has 104 valence electrons. The van der Waals surface area contributed by atoms with E-state index in [9.17, 15) is 15.0 Å². The Morgan fingerprint density at radius 2 is 2.42 bits per heavy atom. The van der Waals surface area contributed by atoms with Crippen molar-refractivity contribution in [1.29, 1.82) is 0 Å². The van der Waals surface area contributed by atoms with Gasteiger partial charge in [-0.1, -0.05) is 6.92 Å². The number of rotatable bonds is 3. The molecule has 0 saturated carbocycles. The molecule has 19 heavy (non-hydrogen) atoms.